The van der Waals surface area contributed by atoms with Crippen molar-refractivity contribution in [3.63, 3.8) is 0 Å². The van der Waals surface area contributed by atoms with Gasteiger partial charge in [0, 0.05) is 13.6 Å². The number of hydrogen-bond donors (Lipinski definition) is 1. The Morgan fingerprint density at radius 2 is 2.16 bits per heavy atom. The van der Waals surface area contributed by atoms with Crippen molar-refractivity contribution in [2.24, 2.45) is 11.8 Å². The van der Waals surface area contributed by atoms with Crippen LogP contribution in [0, 0.1) is 24.2 Å². The summed E-state index contributed by atoms with van der Waals surface area (Å²) in [5.41, 5.74) is 0. The highest BCUT2D eigenvalue weighted by Crippen LogP contribution is 2.20. The van der Waals surface area contributed by atoms with Gasteiger partial charge in [0.05, 0.1) is 12.5 Å². The van der Waals surface area contributed by atoms with Crippen LogP contribution in [0.4, 0.5) is 0 Å². The number of carboxylic acid groups (broad SMARTS) is 1. The topological polar surface area (TPSA) is 60.9 Å². The Labute approximate surface area is 114 Å². The van der Waals surface area contributed by atoms with Gasteiger partial charge in [-0.3, -0.25) is 9.69 Å². The second-order valence-corrected chi connectivity index (χ2v) is 5.40. The molecule has 1 aliphatic heterocycles. The van der Waals surface area contributed by atoms with Crippen LogP contribution in [0.2, 0.25) is 0 Å². The van der Waals surface area contributed by atoms with Crippen LogP contribution in [0.25, 0.3) is 0 Å². The van der Waals surface area contributed by atoms with E-state index < -0.39 is 12.0 Å². The zero-order valence-corrected chi connectivity index (χ0v) is 11.8. The van der Waals surface area contributed by atoms with Crippen molar-refractivity contribution in [1.29, 1.82) is 0 Å². The highest BCUT2D eigenvalue weighted by molar-refractivity contribution is 5.85. The lowest BCUT2D eigenvalue weighted by Crippen LogP contribution is -2.48. The number of rotatable bonds is 5. The Morgan fingerprint density at radius 1 is 1.53 bits per heavy atom. The maximum Gasteiger partial charge on any atom is 0.326 e. The Bertz CT molecular complexity index is 387. The molecule has 1 N–H and O–H groups in total. The number of likely N-dealkylation sites (tertiary alicyclic amines) is 1. The molecule has 0 aromatic heterocycles. The first kappa shape index (κ1) is 15.5. The summed E-state index contributed by atoms with van der Waals surface area (Å²) < 4.78 is 0. The molecule has 0 radical (unpaired) electrons. The Kier molecular flexibility index (Phi) is 5.37. The number of hydrogen-bond acceptors (Lipinski definition) is 3. The quantitative estimate of drug-likeness (QED) is 0.737. The van der Waals surface area contributed by atoms with E-state index in [1.54, 1.807) is 7.05 Å². The number of carbonyl (C=O) groups excluding carboxylic acids is 1. The molecule has 19 heavy (non-hydrogen) atoms. The first-order chi connectivity index (χ1) is 8.88. The van der Waals surface area contributed by atoms with Crippen LogP contribution in [-0.2, 0) is 9.59 Å². The SMILES string of the molecule is C#CCN1CC[C@H](C(=O)N(C)[C@H](C(=O)O)C(C)C)C1. The molecule has 0 aliphatic carbocycles. The lowest BCUT2D eigenvalue weighted by atomic mass is 10.0. The molecule has 1 heterocycles. The predicted octanol–water partition coefficient (Wildman–Crippen LogP) is 0.509. The highest BCUT2D eigenvalue weighted by Gasteiger charge is 2.35. The molecule has 0 bridgehead atoms. The average Bonchev–Trinajstić information content (AvgIpc) is 2.76. The number of likely N-dealkylation sites (N-methyl/N-ethyl adjacent to an activating group) is 1. The minimum atomic E-state index is -0.954. The molecule has 0 spiro atoms. The first-order valence-corrected chi connectivity index (χ1v) is 6.53. The van der Waals surface area contributed by atoms with Crippen molar-refractivity contribution in [3.8, 4) is 12.3 Å². The van der Waals surface area contributed by atoms with Crippen LogP contribution in [-0.4, -0.2) is 59.5 Å². The standard InChI is InChI=1S/C14H22N2O3/c1-5-7-16-8-6-11(9-16)13(17)15(4)12(10(2)3)14(18)19/h1,10-12H,6-9H2,2-4H3,(H,18,19)/t11-,12-/m0/s1. The average molecular weight is 266 g/mol. The van der Waals surface area contributed by atoms with Crippen molar-refractivity contribution >= 4 is 11.9 Å². The highest BCUT2D eigenvalue weighted by atomic mass is 16.4. The van der Waals surface area contributed by atoms with E-state index in [-0.39, 0.29) is 17.7 Å². The van der Waals surface area contributed by atoms with E-state index in [0.717, 1.165) is 13.0 Å². The predicted molar refractivity (Wildman–Crippen MR) is 72.4 cm³/mol. The third-order valence-corrected chi connectivity index (χ3v) is 3.59. The van der Waals surface area contributed by atoms with Crippen molar-refractivity contribution in [3.05, 3.63) is 0 Å². The number of terminal acetylenes is 1. The molecule has 1 amide bonds. The van der Waals surface area contributed by atoms with Gasteiger partial charge in [-0.15, -0.1) is 6.42 Å². The van der Waals surface area contributed by atoms with Gasteiger partial charge in [-0.05, 0) is 18.9 Å². The summed E-state index contributed by atoms with van der Waals surface area (Å²) >= 11 is 0. The third kappa shape index (κ3) is 3.71. The summed E-state index contributed by atoms with van der Waals surface area (Å²) in [4.78, 5) is 27.0. The maximum absolute atomic E-state index is 12.3. The minimum Gasteiger partial charge on any atom is -0.480 e. The van der Waals surface area contributed by atoms with Gasteiger partial charge in [-0.2, -0.15) is 0 Å². The normalized spacial score (nSPS) is 21.1. The number of carbonyl (C=O) groups is 2. The van der Waals surface area contributed by atoms with Gasteiger partial charge in [0.15, 0.2) is 0 Å². The molecule has 0 aromatic rings. The van der Waals surface area contributed by atoms with Gasteiger partial charge in [0.25, 0.3) is 0 Å². The molecule has 0 unspecified atom stereocenters. The van der Waals surface area contributed by atoms with Crippen LogP contribution in [0.5, 0.6) is 0 Å². The van der Waals surface area contributed by atoms with Gasteiger partial charge in [0.2, 0.25) is 5.91 Å². The zero-order chi connectivity index (χ0) is 14.6. The summed E-state index contributed by atoms with van der Waals surface area (Å²) in [5, 5.41) is 9.21. The van der Waals surface area contributed by atoms with Gasteiger partial charge in [-0.25, -0.2) is 4.79 Å². The largest absolute Gasteiger partial charge is 0.480 e. The summed E-state index contributed by atoms with van der Waals surface area (Å²) in [6.45, 7) is 5.58. The second-order valence-electron chi connectivity index (χ2n) is 5.40. The smallest absolute Gasteiger partial charge is 0.326 e. The molecule has 1 fully saturated rings. The van der Waals surface area contributed by atoms with E-state index in [4.69, 9.17) is 6.42 Å². The summed E-state index contributed by atoms with van der Waals surface area (Å²) in [7, 11) is 1.57. The molecular formula is C14H22N2O3. The molecule has 0 aromatic carbocycles. The Morgan fingerprint density at radius 3 is 2.63 bits per heavy atom. The van der Waals surface area contributed by atoms with Crippen molar-refractivity contribution in [2.75, 3.05) is 26.7 Å². The van der Waals surface area contributed by atoms with E-state index in [1.165, 1.54) is 4.90 Å². The van der Waals surface area contributed by atoms with Gasteiger partial charge >= 0.3 is 5.97 Å². The van der Waals surface area contributed by atoms with Crippen molar-refractivity contribution in [2.45, 2.75) is 26.3 Å². The van der Waals surface area contributed by atoms with E-state index in [2.05, 4.69) is 5.92 Å². The van der Waals surface area contributed by atoms with Crippen LogP contribution in [0.3, 0.4) is 0 Å². The maximum atomic E-state index is 12.3. The van der Waals surface area contributed by atoms with Crippen LogP contribution < -0.4 is 0 Å². The molecule has 5 nitrogen and oxygen atoms in total. The van der Waals surface area contributed by atoms with Crippen LogP contribution in [0.15, 0.2) is 0 Å². The number of nitrogens with zero attached hydrogens (tertiary/aromatic N) is 2. The first-order valence-electron chi connectivity index (χ1n) is 6.53. The lowest BCUT2D eigenvalue weighted by molar-refractivity contribution is -0.152. The molecule has 0 saturated carbocycles. The number of amides is 1. The van der Waals surface area contributed by atoms with E-state index >= 15 is 0 Å². The van der Waals surface area contributed by atoms with Crippen LogP contribution in [0.1, 0.15) is 20.3 Å². The number of aliphatic carboxylic acids is 1. The fourth-order valence-electron chi connectivity index (χ4n) is 2.63. The lowest BCUT2D eigenvalue weighted by Gasteiger charge is -2.29. The molecule has 5 heteroatoms. The molecular weight excluding hydrogens is 244 g/mol. The van der Waals surface area contributed by atoms with Crippen LogP contribution >= 0.6 is 0 Å². The van der Waals surface area contributed by atoms with Crippen molar-refractivity contribution < 1.29 is 14.7 Å². The summed E-state index contributed by atoms with van der Waals surface area (Å²) in [5.74, 6) is 1.26. The van der Waals surface area contributed by atoms with Gasteiger partial charge < -0.3 is 10.0 Å². The minimum absolute atomic E-state index is 0.0966. The third-order valence-electron chi connectivity index (χ3n) is 3.59. The molecule has 1 rings (SSSR count). The molecule has 1 aliphatic rings. The Hall–Kier alpha value is -1.54. The molecule has 106 valence electrons. The van der Waals surface area contributed by atoms with Gasteiger partial charge in [0.1, 0.15) is 6.04 Å². The summed E-state index contributed by atoms with van der Waals surface area (Å²) in [6.07, 6.45) is 6.00. The monoisotopic (exact) mass is 266 g/mol. The van der Waals surface area contributed by atoms with Gasteiger partial charge in [-0.1, -0.05) is 19.8 Å². The second kappa shape index (κ2) is 6.58. The zero-order valence-electron chi connectivity index (χ0n) is 11.8. The number of carboxylic acids is 1. The van der Waals surface area contributed by atoms with E-state index in [1.807, 2.05) is 18.7 Å². The molecule has 2 atom stereocenters. The fourth-order valence-corrected chi connectivity index (χ4v) is 2.63. The van der Waals surface area contributed by atoms with E-state index in [9.17, 15) is 14.7 Å². The fraction of sp³-hybridized carbons (Fsp3) is 0.714. The summed E-state index contributed by atoms with van der Waals surface area (Å²) in [6, 6.07) is -0.769. The molecule has 1 saturated heterocycles. The van der Waals surface area contributed by atoms with Crippen molar-refractivity contribution in [1.82, 2.24) is 9.80 Å². The van der Waals surface area contributed by atoms with E-state index in [0.29, 0.717) is 13.1 Å². The Balaban J connectivity index is 2.67.